The summed E-state index contributed by atoms with van der Waals surface area (Å²) in [4.78, 5) is 17.3. The van der Waals surface area contributed by atoms with Crippen molar-refractivity contribution in [3.05, 3.63) is 95.3 Å². The zero-order valence-electron chi connectivity index (χ0n) is 21.0. The summed E-state index contributed by atoms with van der Waals surface area (Å²) in [5.41, 5.74) is 5.64. The van der Waals surface area contributed by atoms with Crippen molar-refractivity contribution >= 4 is 16.9 Å². The molecule has 1 amide bonds. The van der Waals surface area contributed by atoms with Crippen LogP contribution in [0.15, 0.2) is 72.8 Å². The van der Waals surface area contributed by atoms with Crippen molar-refractivity contribution in [1.29, 1.82) is 0 Å². The third-order valence-electron chi connectivity index (χ3n) is 6.24. The minimum atomic E-state index is 0.0384. The van der Waals surface area contributed by atoms with E-state index in [9.17, 15) is 4.79 Å². The molecular formula is C30H35N3O2. The lowest BCUT2D eigenvalue weighted by atomic mass is 10.0. The molecule has 1 N–H and O–H groups in total. The summed E-state index contributed by atoms with van der Waals surface area (Å²) in [5.74, 6) is 2.30. The smallest absolute Gasteiger partial charge is 0.220 e. The van der Waals surface area contributed by atoms with Crippen molar-refractivity contribution in [3.8, 4) is 5.75 Å². The van der Waals surface area contributed by atoms with Crippen LogP contribution in [0.2, 0.25) is 0 Å². The number of hydrogen-bond donors (Lipinski definition) is 1. The van der Waals surface area contributed by atoms with E-state index >= 15 is 0 Å². The first-order valence-corrected chi connectivity index (χ1v) is 12.5. The van der Waals surface area contributed by atoms with Crippen LogP contribution in [-0.4, -0.2) is 22.1 Å². The number of carbonyl (C=O) groups excluding carboxylic acids is 1. The Balaban J connectivity index is 1.37. The normalized spacial score (nSPS) is 11.2. The summed E-state index contributed by atoms with van der Waals surface area (Å²) in [7, 11) is 0. The van der Waals surface area contributed by atoms with Gasteiger partial charge in [0.05, 0.1) is 24.2 Å². The Labute approximate surface area is 208 Å². The predicted octanol–water partition coefficient (Wildman–Crippen LogP) is 6.19. The molecule has 0 saturated carbocycles. The van der Waals surface area contributed by atoms with Gasteiger partial charge in [-0.3, -0.25) is 4.79 Å². The Morgan fingerprint density at radius 1 is 1.03 bits per heavy atom. The number of nitrogens with one attached hydrogen (secondary N) is 1. The molecule has 5 nitrogen and oxygen atoms in total. The van der Waals surface area contributed by atoms with Gasteiger partial charge in [-0.15, -0.1) is 0 Å². The first-order valence-electron chi connectivity index (χ1n) is 12.5. The summed E-state index contributed by atoms with van der Waals surface area (Å²) >= 11 is 0. The van der Waals surface area contributed by atoms with Gasteiger partial charge in [0.15, 0.2) is 0 Å². The van der Waals surface area contributed by atoms with Crippen molar-refractivity contribution in [1.82, 2.24) is 14.9 Å². The number of imidazole rings is 1. The molecule has 0 radical (unpaired) electrons. The SMILES string of the molecule is Cc1ccc(C(C)C)c(OCCCn2c(CNC(=O)CCc3ccccc3)nc3ccccc32)c1. The molecule has 0 spiro atoms. The highest BCUT2D eigenvalue weighted by molar-refractivity contribution is 5.77. The van der Waals surface area contributed by atoms with Gasteiger partial charge in [0.25, 0.3) is 0 Å². The summed E-state index contributed by atoms with van der Waals surface area (Å²) in [6.07, 6.45) is 2.05. The molecule has 4 rings (SSSR count). The van der Waals surface area contributed by atoms with Gasteiger partial charge in [-0.25, -0.2) is 4.98 Å². The van der Waals surface area contributed by atoms with Crippen LogP contribution >= 0.6 is 0 Å². The molecule has 0 unspecified atom stereocenters. The van der Waals surface area contributed by atoms with Crippen molar-refractivity contribution in [2.24, 2.45) is 0 Å². The Bertz CT molecular complexity index is 1260. The van der Waals surface area contributed by atoms with Crippen LogP contribution in [0.5, 0.6) is 5.75 Å². The minimum absolute atomic E-state index is 0.0384. The molecule has 1 aromatic heterocycles. The molecule has 35 heavy (non-hydrogen) atoms. The zero-order chi connectivity index (χ0) is 24.6. The average Bonchev–Trinajstić information content (AvgIpc) is 3.22. The van der Waals surface area contributed by atoms with Gasteiger partial charge in [0.1, 0.15) is 11.6 Å². The Hall–Kier alpha value is -3.60. The van der Waals surface area contributed by atoms with Crippen LogP contribution in [0.1, 0.15) is 55.1 Å². The van der Waals surface area contributed by atoms with Crippen molar-refractivity contribution in [2.75, 3.05) is 6.61 Å². The second-order valence-electron chi connectivity index (χ2n) is 9.33. The van der Waals surface area contributed by atoms with E-state index in [0.29, 0.717) is 25.5 Å². The topological polar surface area (TPSA) is 56.1 Å². The van der Waals surface area contributed by atoms with E-state index in [0.717, 1.165) is 42.0 Å². The maximum Gasteiger partial charge on any atom is 0.220 e. The van der Waals surface area contributed by atoms with Gasteiger partial charge in [0.2, 0.25) is 5.91 Å². The van der Waals surface area contributed by atoms with Crippen LogP contribution < -0.4 is 10.1 Å². The highest BCUT2D eigenvalue weighted by Crippen LogP contribution is 2.27. The second-order valence-corrected chi connectivity index (χ2v) is 9.33. The third-order valence-corrected chi connectivity index (χ3v) is 6.24. The summed E-state index contributed by atoms with van der Waals surface area (Å²) in [5, 5.41) is 3.06. The van der Waals surface area contributed by atoms with Gasteiger partial charge in [-0.2, -0.15) is 0 Å². The number of carbonyl (C=O) groups is 1. The first-order chi connectivity index (χ1) is 17.0. The molecule has 4 aromatic rings. The highest BCUT2D eigenvalue weighted by atomic mass is 16.5. The Kier molecular flexibility index (Phi) is 8.19. The molecule has 1 heterocycles. The van der Waals surface area contributed by atoms with Crippen LogP contribution in [0.4, 0.5) is 0 Å². The van der Waals surface area contributed by atoms with Gasteiger partial charge in [-0.05, 0) is 60.6 Å². The van der Waals surface area contributed by atoms with Crippen molar-refractivity contribution in [2.45, 2.75) is 59.0 Å². The molecule has 0 fully saturated rings. The fraction of sp³-hybridized carbons (Fsp3) is 0.333. The lowest BCUT2D eigenvalue weighted by Gasteiger charge is -2.15. The maximum absolute atomic E-state index is 12.5. The first kappa shape index (κ1) is 24.5. The van der Waals surface area contributed by atoms with Gasteiger partial charge in [0, 0.05) is 13.0 Å². The number of amides is 1. The monoisotopic (exact) mass is 469 g/mol. The lowest BCUT2D eigenvalue weighted by Crippen LogP contribution is -2.25. The third kappa shape index (κ3) is 6.50. The van der Waals surface area contributed by atoms with Crippen LogP contribution in [0.25, 0.3) is 11.0 Å². The van der Waals surface area contributed by atoms with Crippen molar-refractivity contribution in [3.63, 3.8) is 0 Å². The quantitative estimate of drug-likeness (QED) is 0.267. The standard InChI is InChI=1S/C30H35N3O2/c1-22(2)25-16-14-23(3)20-28(25)35-19-9-18-33-27-13-8-7-12-26(27)32-29(33)21-31-30(34)17-15-24-10-5-4-6-11-24/h4-8,10-14,16,20,22H,9,15,17-19,21H2,1-3H3,(H,31,34). The molecule has 0 aliphatic rings. The van der Waals surface area contributed by atoms with Crippen molar-refractivity contribution < 1.29 is 9.53 Å². The van der Waals surface area contributed by atoms with E-state index < -0.39 is 0 Å². The van der Waals surface area contributed by atoms with E-state index in [1.165, 1.54) is 16.7 Å². The van der Waals surface area contributed by atoms with E-state index in [1.54, 1.807) is 0 Å². The molecule has 182 valence electrons. The Morgan fingerprint density at radius 3 is 2.60 bits per heavy atom. The van der Waals surface area contributed by atoms with E-state index in [-0.39, 0.29) is 5.91 Å². The molecule has 3 aromatic carbocycles. The number of fused-ring (bicyclic) bond motifs is 1. The molecule has 0 aliphatic carbocycles. The Morgan fingerprint density at radius 2 is 1.80 bits per heavy atom. The molecule has 0 aliphatic heterocycles. The van der Waals surface area contributed by atoms with Crippen LogP contribution in [0, 0.1) is 6.92 Å². The van der Waals surface area contributed by atoms with Gasteiger partial charge < -0.3 is 14.6 Å². The number of para-hydroxylation sites is 2. The maximum atomic E-state index is 12.5. The molecule has 0 atom stereocenters. The number of hydrogen-bond acceptors (Lipinski definition) is 3. The number of rotatable bonds is 11. The number of nitrogens with zero attached hydrogens (tertiary/aromatic N) is 2. The number of aromatic nitrogens is 2. The van der Waals surface area contributed by atoms with Gasteiger partial charge >= 0.3 is 0 Å². The predicted molar refractivity (Wildman–Crippen MR) is 142 cm³/mol. The van der Waals surface area contributed by atoms with E-state index in [4.69, 9.17) is 9.72 Å². The summed E-state index contributed by atoms with van der Waals surface area (Å²) in [6.45, 7) is 8.29. The zero-order valence-corrected chi connectivity index (χ0v) is 21.0. The number of ether oxygens (including phenoxy) is 1. The fourth-order valence-electron chi connectivity index (χ4n) is 4.33. The molecule has 0 bridgehead atoms. The average molecular weight is 470 g/mol. The largest absolute Gasteiger partial charge is 0.493 e. The molecule has 5 heteroatoms. The van der Waals surface area contributed by atoms with E-state index in [1.807, 2.05) is 36.4 Å². The molecular weight excluding hydrogens is 434 g/mol. The second kappa shape index (κ2) is 11.7. The van der Waals surface area contributed by atoms with E-state index in [2.05, 4.69) is 67.1 Å². The lowest BCUT2D eigenvalue weighted by molar-refractivity contribution is -0.121. The number of benzene rings is 3. The minimum Gasteiger partial charge on any atom is -0.493 e. The van der Waals surface area contributed by atoms with Gasteiger partial charge in [-0.1, -0.05) is 68.4 Å². The fourth-order valence-corrected chi connectivity index (χ4v) is 4.33. The molecule has 0 saturated heterocycles. The number of aryl methyl sites for hydroxylation is 3. The summed E-state index contributed by atoms with van der Waals surface area (Å²) < 4.78 is 8.40. The summed E-state index contributed by atoms with van der Waals surface area (Å²) in [6, 6.07) is 24.7. The van der Waals surface area contributed by atoms with Crippen LogP contribution in [-0.2, 0) is 24.3 Å². The van der Waals surface area contributed by atoms with Crippen LogP contribution in [0.3, 0.4) is 0 Å². The highest BCUT2D eigenvalue weighted by Gasteiger charge is 2.13.